The lowest BCUT2D eigenvalue weighted by Crippen LogP contribution is -2.36. The average molecular weight is 325 g/mol. The lowest BCUT2D eigenvalue weighted by atomic mass is 10.1. The Hall–Kier alpha value is -2.05. The summed E-state index contributed by atoms with van der Waals surface area (Å²) in [5.74, 6) is -0.228. The zero-order valence-corrected chi connectivity index (χ0v) is 12.9. The van der Waals surface area contributed by atoms with E-state index in [9.17, 15) is 18.0 Å². The summed E-state index contributed by atoms with van der Waals surface area (Å²) in [6.45, 7) is 3.14. The van der Waals surface area contributed by atoms with Gasteiger partial charge in [0.05, 0.1) is 11.3 Å². The third-order valence-corrected chi connectivity index (χ3v) is 4.20. The molecule has 2 aromatic heterocycles. The van der Waals surface area contributed by atoms with Crippen LogP contribution in [0.4, 0.5) is 13.2 Å². The van der Waals surface area contributed by atoms with Gasteiger partial charge >= 0.3 is 6.18 Å². The van der Waals surface area contributed by atoms with Gasteiger partial charge in [0.2, 0.25) is 0 Å². The smallest absolute Gasteiger partial charge is 0.337 e. The van der Waals surface area contributed by atoms with E-state index < -0.39 is 11.7 Å². The van der Waals surface area contributed by atoms with E-state index in [1.807, 2.05) is 6.92 Å². The number of amides is 1. The molecule has 0 N–H and O–H groups in total. The van der Waals surface area contributed by atoms with Gasteiger partial charge in [0.1, 0.15) is 11.3 Å². The van der Waals surface area contributed by atoms with Crippen LogP contribution >= 0.6 is 0 Å². The molecule has 7 heteroatoms. The molecular formula is C16H18F3N3O. The Morgan fingerprint density at radius 3 is 2.52 bits per heavy atom. The van der Waals surface area contributed by atoms with Crippen molar-refractivity contribution < 1.29 is 18.0 Å². The van der Waals surface area contributed by atoms with E-state index in [0.29, 0.717) is 30.9 Å². The number of likely N-dealkylation sites (tertiary alicyclic amines) is 1. The second kappa shape index (κ2) is 5.86. The molecule has 3 rings (SSSR count). The molecular weight excluding hydrogens is 307 g/mol. The number of imidazole rings is 1. The molecule has 0 radical (unpaired) electrons. The molecule has 0 aromatic carbocycles. The highest BCUT2D eigenvalue weighted by molar-refractivity contribution is 5.94. The highest BCUT2D eigenvalue weighted by Gasteiger charge is 2.32. The van der Waals surface area contributed by atoms with Crippen LogP contribution in [0.15, 0.2) is 18.3 Å². The molecule has 23 heavy (non-hydrogen) atoms. The van der Waals surface area contributed by atoms with E-state index in [4.69, 9.17) is 0 Å². The van der Waals surface area contributed by atoms with E-state index in [1.54, 1.807) is 4.90 Å². The molecule has 3 heterocycles. The molecule has 124 valence electrons. The minimum Gasteiger partial charge on any atom is -0.337 e. The van der Waals surface area contributed by atoms with Crippen LogP contribution in [0.1, 0.15) is 47.9 Å². The van der Waals surface area contributed by atoms with Gasteiger partial charge in [-0.3, -0.25) is 9.20 Å². The van der Waals surface area contributed by atoms with Gasteiger partial charge in [-0.2, -0.15) is 13.2 Å². The molecule has 1 fully saturated rings. The summed E-state index contributed by atoms with van der Waals surface area (Å²) >= 11 is 0. The van der Waals surface area contributed by atoms with Crippen LogP contribution in [0.2, 0.25) is 0 Å². The fourth-order valence-electron chi connectivity index (χ4n) is 2.98. The quantitative estimate of drug-likeness (QED) is 0.847. The Labute approximate surface area is 131 Å². The number of hydrogen-bond acceptors (Lipinski definition) is 2. The number of aryl methyl sites for hydroxylation is 1. The van der Waals surface area contributed by atoms with Crippen LogP contribution in [0.3, 0.4) is 0 Å². The number of halogens is 3. The van der Waals surface area contributed by atoms with Gasteiger partial charge in [-0.05, 0) is 37.8 Å². The molecule has 0 spiro atoms. The average Bonchev–Trinajstić information content (AvgIpc) is 2.91. The summed E-state index contributed by atoms with van der Waals surface area (Å²) in [7, 11) is 0. The maximum Gasteiger partial charge on any atom is 0.417 e. The van der Waals surface area contributed by atoms with Crippen molar-refractivity contribution in [1.82, 2.24) is 14.3 Å². The zero-order chi connectivity index (χ0) is 16.6. The van der Waals surface area contributed by atoms with Gasteiger partial charge in [-0.15, -0.1) is 0 Å². The maximum atomic E-state index is 13.0. The molecule has 1 aliphatic heterocycles. The molecule has 0 saturated carbocycles. The lowest BCUT2D eigenvalue weighted by molar-refractivity contribution is -0.137. The molecule has 1 saturated heterocycles. The Kier molecular flexibility index (Phi) is 4.04. The highest BCUT2D eigenvalue weighted by atomic mass is 19.4. The van der Waals surface area contributed by atoms with Crippen LogP contribution in [0.25, 0.3) is 5.65 Å². The fraction of sp³-hybridized carbons (Fsp3) is 0.500. The number of aromatic nitrogens is 2. The Balaban J connectivity index is 2.10. The molecule has 0 aliphatic carbocycles. The normalized spacial score (nSPS) is 16.1. The maximum absolute atomic E-state index is 13.0. The number of carbonyl (C=O) groups is 1. The van der Waals surface area contributed by atoms with Crippen LogP contribution in [0, 0.1) is 0 Å². The molecule has 0 atom stereocenters. The second-order valence-electron chi connectivity index (χ2n) is 5.76. The second-order valence-corrected chi connectivity index (χ2v) is 5.76. The summed E-state index contributed by atoms with van der Waals surface area (Å²) in [4.78, 5) is 18.8. The zero-order valence-electron chi connectivity index (χ0n) is 12.9. The predicted molar refractivity (Wildman–Crippen MR) is 79.3 cm³/mol. The van der Waals surface area contributed by atoms with Crippen molar-refractivity contribution in [2.45, 2.75) is 38.8 Å². The number of rotatable bonds is 2. The summed E-state index contributed by atoms with van der Waals surface area (Å²) in [6, 6.07) is 2.31. The third kappa shape index (κ3) is 2.92. The number of hydrogen-bond donors (Lipinski definition) is 0. The first-order chi connectivity index (χ1) is 10.9. The fourth-order valence-corrected chi connectivity index (χ4v) is 2.98. The summed E-state index contributed by atoms with van der Waals surface area (Å²) in [5, 5.41) is 0. The molecule has 1 aliphatic rings. The van der Waals surface area contributed by atoms with Crippen molar-refractivity contribution in [3.05, 3.63) is 35.3 Å². The van der Waals surface area contributed by atoms with E-state index in [-0.39, 0.29) is 11.6 Å². The van der Waals surface area contributed by atoms with E-state index in [0.717, 1.165) is 31.5 Å². The van der Waals surface area contributed by atoms with Crippen molar-refractivity contribution in [3.63, 3.8) is 0 Å². The van der Waals surface area contributed by atoms with Crippen molar-refractivity contribution >= 4 is 11.6 Å². The molecule has 0 unspecified atom stereocenters. The number of carbonyl (C=O) groups excluding carboxylic acids is 1. The number of pyridine rings is 1. The van der Waals surface area contributed by atoms with Crippen molar-refractivity contribution in [1.29, 1.82) is 0 Å². The Morgan fingerprint density at radius 1 is 1.22 bits per heavy atom. The largest absolute Gasteiger partial charge is 0.417 e. The summed E-state index contributed by atoms with van der Waals surface area (Å²) in [6.07, 6.45) is -0.0435. The summed E-state index contributed by atoms with van der Waals surface area (Å²) in [5.41, 5.74) is 0.392. The minimum atomic E-state index is -4.45. The van der Waals surface area contributed by atoms with Gasteiger partial charge < -0.3 is 4.90 Å². The van der Waals surface area contributed by atoms with Crippen LogP contribution in [0.5, 0.6) is 0 Å². The number of piperidine rings is 1. The van der Waals surface area contributed by atoms with Gasteiger partial charge in [-0.25, -0.2) is 4.98 Å². The minimum absolute atomic E-state index is 0.228. The SMILES string of the molecule is CCc1nc2ccc(C(F)(F)F)cn2c1C(=O)N1CCCCC1. The topological polar surface area (TPSA) is 37.6 Å². The van der Waals surface area contributed by atoms with E-state index >= 15 is 0 Å². The first-order valence-electron chi connectivity index (χ1n) is 7.79. The summed E-state index contributed by atoms with van der Waals surface area (Å²) < 4.78 is 40.2. The molecule has 4 nitrogen and oxygen atoms in total. The van der Waals surface area contributed by atoms with E-state index in [2.05, 4.69) is 4.98 Å². The monoisotopic (exact) mass is 325 g/mol. The van der Waals surface area contributed by atoms with Crippen LogP contribution < -0.4 is 0 Å². The molecule has 0 bridgehead atoms. The van der Waals surface area contributed by atoms with Gasteiger partial charge in [0, 0.05) is 19.3 Å². The van der Waals surface area contributed by atoms with Crippen molar-refractivity contribution in [2.24, 2.45) is 0 Å². The number of alkyl halides is 3. The number of nitrogens with zero attached hydrogens (tertiary/aromatic N) is 3. The third-order valence-electron chi connectivity index (χ3n) is 4.20. The molecule has 2 aromatic rings. The Bertz CT molecular complexity index is 730. The van der Waals surface area contributed by atoms with Gasteiger partial charge in [-0.1, -0.05) is 6.92 Å². The number of fused-ring (bicyclic) bond motifs is 1. The van der Waals surface area contributed by atoms with Gasteiger partial charge in [0.25, 0.3) is 5.91 Å². The standard InChI is InChI=1S/C16H18F3N3O/c1-2-12-14(15(23)21-8-4-3-5-9-21)22-10-11(16(17,18)19)6-7-13(22)20-12/h6-7,10H,2-5,8-9H2,1H3. The Morgan fingerprint density at radius 2 is 1.91 bits per heavy atom. The highest BCUT2D eigenvalue weighted by Crippen LogP contribution is 2.30. The van der Waals surface area contributed by atoms with Crippen LogP contribution in [-0.4, -0.2) is 33.3 Å². The van der Waals surface area contributed by atoms with Crippen molar-refractivity contribution in [2.75, 3.05) is 13.1 Å². The van der Waals surface area contributed by atoms with Gasteiger partial charge in [0.15, 0.2) is 0 Å². The first kappa shape index (κ1) is 15.8. The van der Waals surface area contributed by atoms with Crippen LogP contribution in [-0.2, 0) is 12.6 Å². The first-order valence-corrected chi connectivity index (χ1v) is 7.79. The van der Waals surface area contributed by atoms with Crippen molar-refractivity contribution in [3.8, 4) is 0 Å². The molecule has 1 amide bonds. The lowest BCUT2D eigenvalue weighted by Gasteiger charge is -2.26. The van der Waals surface area contributed by atoms with E-state index in [1.165, 1.54) is 10.5 Å². The predicted octanol–water partition coefficient (Wildman–Crippen LogP) is 3.54.